The van der Waals surface area contributed by atoms with Gasteiger partial charge < -0.3 is 9.84 Å². The van der Waals surface area contributed by atoms with E-state index in [4.69, 9.17) is 4.74 Å². The Labute approximate surface area is 170 Å². The van der Waals surface area contributed by atoms with Crippen molar-refractivity contribution in [2.75, 3.05) is 6.61 Å². The number of rotatable bonds is 2. The van der Waals surface area contributed by atoms with Crippen molar-refractivity contribution in [3.63, 3.8) is 0 Å². The molecule has 0 bridgehead atoms. The molecule has 4 aliphatic carbocycles. The van der Waals surface area contributed by atoms with Gasteiger partial charge in [0.25, 0.3) is 0 Å². The monoisotopic (exact) mass is 386 g/mol. The molecule has 4 rings (SSSR count). The van der Waals surface area contributed by atoms with Gasteiger partial charge in [0.05, 0.1) is 12.7 Å². The predicted molar refractivity (Wildman–Crippen MR) is 112 cm³/mol. The molecule has 0 heterocycles. The second kappa shape index (κ2) is 6.72. The Bertz CT molecular complexity index is 717. The topological polar surface area (TPSA) is 46.5 Å². The van der Waals surface area contributed by atoms with E-state index in [0.29, 0.717) is 24.4 Å². The van der Waals surface area contributed by atoms with Crippen LogP contribution in [0.4, 0.5) is 0 Å². The molecule has 156 valence electrons. The molecule has 0 aromatic heterocycles. The SMILES string of the molecule is CCOC(=O)C=C1CC[C@H]2[C@@H]3CC=C4C(C)(C)[C@@H](O)CC[C@]4(C)[C@H]3CC[C@]12C. The molecule has 4 aliphatic rings. The summed E-state index contributed by atoms with van der Waals surface area (Å²) < 4.78 is 5.21. The molecular formula is C25H38O3. The van der Waals surface area contributed by atoms with Gasteiger partial charge in [-0.1, -0.05) is 44.9 Å². The van der Waals surface area contributed by atoms with E-state index >= 15 is 0 Å². The predicted octanol–water partition coefficient (Wildman–Crippen LogP) is 5.44. The number of hydrogen-bond donors (Lipinski definition) is 1. The standard InChI is InChI=1S/C25H38O3/c1-6-28-22(27)15-16-7-9-18-17-8-10-20-23(2,3)21(26)12-14-25(20,5)19(17)11-13-24(16,18)4/h10,15,17-19,21,26H,6-9,11-14H2,1-5H3/t17-,18-,19-,21-,24+,25+/m0/s1. The third-order valence-electron chi connectivity index (χ3n) is 9.36. The molecule has 0 aromatic carbocycles. The van der Waals surface area contributed by atoms with E-state index in [1.54, 1.807) is 0 Å². The molecule has 0 aromatic rings. The van der Waals surface area contributed by atoms with Crippen LogP contribution in [0.1, 0.15) is 79.6 Å². The molecule has 0 amide bonds. The first-order chi connectivity index (χ1) is 13.1. The van der Waals surface area contributed by atoms with E-state index in [1.807, 2.05) is 13.0 Å². The lowest BCUT2D eigenvalue weighted by Crippen LogP contribution is -2.54. The molecular weight excluding hydrogens is 348 g/mol. The maximum absolute atomic E-state index is 12.1. The Kier molecular flexibility index (Phi) is 4.85. The number of hydrogen-bond acceptors (Lipinski definition) is 3. The van der Waals surface area contributed by atoms with E-state index < -0.39 is 0 Å². The van der Waals surface area contributed by atoms with E-state index in [0.717, 1.165) is 25.7 Å². The fraction of sp³-hybridized carbons (Fsp3) is 0.800. The first kappa shape index (κ1) is 20.2. The van der Waals surface area contributed by atoms with Gasteiger partial charge in [-0.2, -0.15) is 0 Å². The van der Waals surface area contributed by atoms with Gasteiger partial charge in [0.1, 0.15) is 0 Å². The molecule has 3 saturated carbocycles. The highest BCUT2D eigenvalue weighted by Crippen LogP contribution is 2.67. The molecule has 1 N–H and O–H groups in total. The first-order valence-corrected chi connectivity index (χ1v) is 11.4. The molecule has 3 fully saturated rings. The summed E-state index contributed by atoms with van der Waals surface area (Å²) in [5, 5.41) is 10.6. The van der Waals surface area contributed by atoms with E-state index in [-0.39, 0.29) is 28.3 Å². The molecule has 28 heavy (non-hydrogen) atoms. The molecule has 0 aliphatic heterocycles. The van der Waals surface area contributed by atoms with Crippen LogP contribution in [0.2, 0.25) is 0 Å². The number of ether oxygens (including phenoxy) is 1. The average Bonchev–Trinajstić information content (AvgIpc) is 2.95. The minimum atomic E-state index is -0.220. The highest BCUT2D eigenvalue weighted by Gasteiger charge is 2.59. The molecule has 0 unspecified atom stereocenters. The molecule has 3 nitrogen and oxygen atoms in total. The summed E-state index contributed by atoms with van der Waals surface area (Å²) in [6, 6.07) is 0. The number of aliphatic hydroxyl groups excluding tert-OH is 1. The highest BCUT2D eigenvalue weighted by molar-refractivity contribution is 5.83. The fourth-order valence-corrected chi connectivity index (χ4v) is 7.80. The summed E-state index contributed by atoms with van der Waals surface area (Å²) in [7, 11) is 0. The Balaban J connectivity index is 1.65. The van der Waals surface area contributed by atoms with Crippen LogP contribution in [0.25, 0.3) is 0 Å². The smallest absolute Gasteiger partial charge is 0.330 e. The zero-order chi connectivity index (χ0) is 20.3. The van der Waals surface area contributed by atoms with Crippen molar-refractivity contribution >= 4 is 5.97 Å². The average molecular weight is 387 g/mol. The van der Waals surface area contributed by atoms with Crippen LogP contribution >= 0.6 is 0 Å². The number of carbonyl (C=O) groups excluding carboxylic acids is 1. The number of fused-ring (bicyclic) bond motifs is 5. The van der Waals surface area contributed by atoms with Crippen LogP contribution < -0.4 is 0 Å². The summed E-state index contributed by atoms with van der Waals surface area (Å²) >= 11 is 0. The summed E-state index contributed by atoms with van der Waals surface area (Å²) in [6.45, 7) is 11.7. The quantitative estimate of drug-likeness (QED) is 0.391. The van der Waals surface area contributed by atoms with Gasteiger partial charge in [0, 0.05) is 11.5 Å². The van der Waals surface area contributed by atoms with Crippen molar-refractivity contribution in [1.29, 1.82) is 0 Å². The summed E-state index contributed by atoms with van der Waals surface area (Å²) in [4.78, 5) is 12.1. The maximum atomic E-state index is 12.1. The summed E-state index contributed by atoms with van der Waals surface area (Å²) in [5.41, 5.74) is 3.11. The van der Waals surface area contributed by atoms with Crippen LogP contribution in [-0.4, -0.2) is 23.8 Å². The zero-order valence-corrected chi connectivity index (χ0v) is 18.4. The lowest BCUT2D eigenvalue weighted by molar-refractivity contribution is -0.137. The maximum Gasteiger partial charge on any atom is 0.330 e. The third-order valence-corrected chi connectivity index (χ3v) is 9.36. The second-order valence-corrected chi connectivity index (χ2v) is 10.8. The van der Waals surface area contributed by atoms with E-state index in [2.05, 4.69) is 33.8 Å². The Morgan fingerprint density at radius 2 is 1.82 bits per heavy atom. The lowest BCUT2D eigenvalue weighted by Gasteiger charge is -2.60. The van der Waals surface area contributed by atoms with Gasteiger partial charge in [-0.15, -0.1) is 0 Å². The normalized spacial score (nSPS) is 45.6. The van der Waals surface area contributed by atoms with Gasteiger partial charge in [-0.25, -0.2) is 4.79 Å². The number of esters is 1. The fourth-order valence-electron chi connectivity index (χ4n) is 7.80. The third kappa shape index (κ3) is 2.75. The highest BCUT2D eigenvalue weighted by atomic mass is 16.5. The zero-order valence-electron chi connectivity index (χ0n) is 18.4. The molecule has 0 saturated heterocycles. The van der Waals surface area contributed by atoms with Gasteiger partial charge in [-0.05, 0) is 80.5 Å². The molecule has 6 atom stereocenters. The van der Waals surface area contributed by atoms with Crippen LogP contribution in [-0.2, 0) is 9.53 Å². The van der Waals surface area contributed by atoms with Gasteiger partial charge >= 0.3 is 5.97 Å². The number of allylic oxidation sites excluding steroid dienone is 2. The van der Waals surface area contributed by atoms with Crippen molar-refractivity contribution in [3.8, 4) is 0 Å². The molecule has 0 spiro atoms. The van der Waals surface area contributed by atoms with Crippen molar-refractivity contribution in [1.82, 2.24) is 0 Å². The van der Waals surface area contributed by atoms with E-state index in [1.165, 1.54) is 30.4 Å². The van der Waals surface area contributed by atoms with Crippen LogP contribution in [0, 0.1) is 34.0 Å². The Hall–Kier alpha value is -1.09. The molecule has 3 heteroatoms. The summed E-state index contributed by atoms with van der Waals surface area (Å²) in [6.07, 6.45) is 11.9. The van der Waals surface area contributed by atoms with Crippen molar-refractivity contribution in [2.45, 2.75) is 85.7 Å². The number of carbonyl (C=O) groups is 1. The van der Waals surface area contributed by atoms with Crippen LogP contribution in [0.15, 0.2) is 23.3 Å². The van der Waals surface area contributed by atoms with Crippen molar-refractivity contribution < 1.29 is 14.6 Å². The van der Waals surface area contributed by atoms with E-state index in [9.17, 15) is 9.90 Å². The largest absolute Gasteiger partial charge is 0.463 e. The summed E-state index contributed by atoms with van der Waals surface area (Å²) in [5.74, 6) is 1.91. The minimum absolute atomic E-state index is 0.108. The molecule has 0 radical (unpaired) electrons. The lowest BCUT2D eigenvalue weighted by atomic mass is 9.44. The number of aliphatic hydroxyl groups is 1. The van der Waals surface area contributed by atoms with Crippen LogP contribution in [0.3, 0.4) is 0 Å². The second-order valence-electron chi connectivity index (χ2n) is 10.8. The Morgan fingerprint density at radius 3 is 2.54 bits per heavy atom. The van der Waals surface area contributed by atoms with Gasteiger partial charge in [-0.3, -0.25) is 0 Å². The van der Waals surface area contributed by atoms with Gasteiger partial charge in [0.15, 0.2) is 0 Å². The van der Waals surface area contributed by atoms with Crippen molar-refractivity contribution in [2.24, 2.45) is 34.0 Å². The van der Waals surface area contributed by atoms with Crippen molar-refractivity contribution in [3.05, 3.63) is 23.3 Å². The minimum Gasteiger partial charge on any atom is -0.463 e. The first-order valence-electron chi connectivity index (χ1n) is 11.4. The van der Waals surface area contributed by atoms with Gasteiger partial charge in [0.2, 0.25) is 0 Å². The van der Waals surface area contributed by atoms with Crippen LogP contribution in [0.5, 0.6) is 0 Å². The Morgan fingerprint density at radius 1 is 1.14 bits per heavy atom.